The Morgan fingerprint density at radius 2 is 1.05 bits per heavy atom. The molecule has 0 aliphatic heterocycles. The standard InChI is InChI=1S/C36H62O5/c1-3-5-7-9-11-13-15-17-18-19-21-23-25-27-29-31-36(39)41-34(32-37)33-40-35(38)30-28-26-24-22-20-16-14-12-10-8-6-4-2/h5,7,11-14,17-18,34,37H,3-4,6,8-10,15-16,19-33H2,1-2H3/b7-5+,13-11+,14-12+,18-17+/t34-/m0/s1. The molecule has 0 aromatic carbocycles. The summed E-state index contributed by atoms with van der Waals surface area (Å²) in [6.45, 7) is 3.95. The minimum absolute atomic E-state index is 0.0785. The molecule has 0 aromatic heterocycles. The van der Waals surface area contributed by atoms with E-state index in [2.05, 4.69) is 62.5 Å². The highest BCUT2D eigenvalue weighted by Gasteiger charge is 2.16. The van der Waals surface area contributed by atoms with Crippen LogP contribution in [0, 0.1) is 0 Å². The van der Waals surface area contributed by atoms with E-state index in [9.17, 15) is 14.7 Å². The van der Waals surface area contributed by atoms with Crippen LogP contribution < -0.4 is 0 Å². The largest absolute Gasteiger partial charge is 0.462 e. The summed E-state index contributed by atoms with van der Waals surface area (Å²) in [5.41, 5.74) is 0. The van der Waals surface area contributed by atoms with E-state index in [1.807, 2.05) is 0 Å². The molecule has 0 radical (unpaired) electrons. The van der Waals surface area contributed by atoms with Crippen molar-refractivity contribution in [2.24, 2.45) is 0 Å². The highest BCUT2D eigenvalue weighted by molar-refractivity contribution is 5.70. The van der Waals surface area contributed by atoms with Gasteiger partial charge in [0.05, 0.1) is 6.61 Å². The van der Waals surface area contributed by atoms with Crippen LogP contribution in [0.15, 0.2) is 48.6 Å². The smallest absolute Gasteiger partial charge is 0.306 e. The Bertz CT molecular complexity index is 707. The molecule has 41 heavy (non-hydrogen) atoms. The maximum absolute atomic E-state index is 12.1. The quantitative estimate of drug-likeness (QED) is 0.0547. The molecule has 1 atom stereocenters. The highest BCUT2D eigenvalue weighted by Crippen LogP contribution is 2.11. The van der Waals surface area contributed by atoms with Gasteiger partial charge in [-0.05, 0) is 70.6 Å². The monoisotopic (exact) mass is 574 g/mol. The van der Waals surface area contributed by atoms with Gasteiger partial charge in [-0.1, -0.05) is 114 Å². The van der Waals surface area contributed by atoms with Crippen LogP contribution in [0.4, 0.5) is 0 Å². The molecule has 0 aliphatic carbocycles. The number of rotatable bonds is 29. The van der Waals surface area contributed by atoms with Gasteiger partial charge in [0.15, 0.2) is 6.10 Å². The fourth-order valence-electron chi connectivity index (χ4n) is 4.33. The first-order valence-electron chi connectivity index (χ1n) is 16.7. The van der Waals surface area contributed by atoms with E-state index in [1.165, 1.54) is 44.9 Å². The number of ether oxygens (including phenoxy) is 2. The molecule has 5 nitrogen and oxygen atoms in total. The van der Waals surface area contributed by atoms with Crippen molar-refractivity contribution in [2.75, 3.05) is 13.2 Å². The van der Waals surface area contributed by atoms with Crippen LogP contribution in [0.1, 0.15) is 149 Å². The summed E-state index contributed by atoms with van der Waals surface area (Å²) in [4.78, 5) is 24.1. The Morgan fingerprint density at radius 1 is 0.585 bits per heavy atom. The van der Waals surface area contributed by atoms with E-state index < -0.39 is 6.10 Å². The molecule has 5 heteroatoms. The molecule has 0 rings (SSSR count). The Kier molecular flexibility index (Phi) is 30.7. The van der Waals surface area contributed by atoms with Gasteiger partial charge in [-0.2, -0.15) is 0 Å². The Morgan fingerprint density at radius 3 is 1.61 bits per heavy atom. The van der Waals surface area contributed by atoms with Gasteiger partial charge in [0.1, 0.15) is 6.61 Å². The van der Waals surface area contributed by atoms with Gasteiger partial charge in [0.25, 0.3) is 0 Å². The number of allylic oxidation sites excluding steroid dienone is 8. The normalized spacial score (nSPS) is 12.8. The fraction of sp³-hybridized carbons (Fsp3) is 0.722. The molecular formula is C36H62O5. The molecule has 236 valence electrons. The Labute approximate surface area is 252 Å². The van der Waals surface area contributed by atoms with Gasteiger partial charge in [-0.3, -0.25) is 9.59 Å². The van der Waals surface area contributed by atoms with Crippen LogP contribution >= 0.6 is 0 Å². The third-order valence-corrected chi connectivity index (χ3v) is 6.86. The number of aliphatic hydroxyl groups is 1. The van der Waals surface area contributed by atoms with Crippen LogP contribution in [0.3, 0.4) is 0 Å². The van der Waals surface area contributed by atoms with Crippen molar-refractivity contribution in [1.82, 2.24) is 0 Å². The molecule has 0 fully saturated rings. The molecule has 0 spiro atoms. The number of carbonyl (C=O) groups is 2. The van der Waals surface area contributed by atoms with Gasteiger partial charge in [-0.15, -0.1) is 0 Å². The van der Waals surface area contributed by atoms with E-state index in [0.717, 1.165) is 77.0 Å². The molecule has 0 saturated carbocycles. The average Bonchev–Trinajstić information content (AvgIpc) is 2.97. The van der Waals surface area contributed by atoms with Gasteiger partial charge >= 0.3 is 11.9 Å². The van der Waals surface area contributed by atoms with Gasteiger partial charge in [-0.25, -0.2) is 0 Å². The average molecular weight is 575 g/mol. The van der Waals surface area contributed by atoms with Crippen molar-refractivity contribution in [3.8, 4) is 0 Å². The van der Waals surface area contributed by atoms with Crippen LogP contribution in [-0.4, -0.2) is 36.4 Å². The number of esters is 2. The number of unbranched alkanes of at least 4 members (excludes halogenated alkanes) is 13. The first-order valence-corrected chi connectivity index (χ1v) is 16.7. The van der Waals surface area contributed by atoms with Gasteiger partial charge < -0.3 is 14.6 Å². The van der Waals surface area contributed by atoms with E-state index in [4.69, 9.17) is 9.47 Å². The van der Waals surface area contributed by atoms with Gasteiger partial charge in [0.2, 0.25) is 0 Å². The first-order chi connectivity index (χ1) is 20.1. The van der Waals surface area contributed by atoms with E-state index in [-0.39, 0.29) is 25.2 Å². The second kappa shape index (κ2) is 32.4. The van der Waals surface area contributed by atoms with Crippen molar-refractivity contribution < 1.29 is 24.2 Å². The molecule has 0 aromatic rings. The highest BCUT2D eigenvalue weighted by atomic mass is 16.6. The zero-order valence-electron chi connectivity index (χ0n) is 26.5. The molecule has 0 bridgehead atoms. The predicted octanol–water partition coefficient (Wildman–Crippen LogP) is 9.89. The third kappa shape index (κ3) is 30.6. The maximum atomic E-state index is 12.1. The topological polar surface area (TPSA) is 72.8 Å². The molecule has 1 N–H and O–H groups in total. The molecular weight excluding hydrogens is 512 g/mol. The second-order valence-corrected chi connectivity index (χ2v) is 10.9. The van der Waals surface area contributed by atoms with Crippen LogP contribution in [-0.2, 0) is 19.1 Å². The summed E-state index contributed by atoms with van der Waals surface area (Å²) in [6.07, 6.45) is 38.7. The van der Waals surface area contributed by atoms with Crippen LogP contribution in [0.5, 0.6) is 0 Å². The third-order valence-electron chi connectivity index (χ3n) is 6.86. The van der Waals surface area contributed by atoms with Crippen LogP contribution in [0.2, 0.25) is 0 Å². The summed E-state index contributed by atoms with van der Waals surface area (Å²) in [5, 5.41) is 9.50. The maximum Gasteiger partial charge on any atom is 0.306 e. The number of aliphatic hydroxyl groups excluding tert-OH is 1. The molecule has 0 saturated heterocycles. The zero-order valence-corrected chi connectivity index (χ0v) is 26.5. The summed E-state index contributed by atoms with van der Waals surface area (Å²) in [7, 11) is 0. The number of hydrogen-bond acceptors (Lipinski definition) is 5. The van der Waals surface area contributed by atoms with Crippen molar-refractivity contribution in [2.45, 2.75) is 155 Å². The minimum atomic E-state index is -0.782. The summed E-state index contributed by atoms with van der Waals surface area (Å²) in [6, 6.07) is 0. The predicted molar refractivity (Wildman–Crippen MR) is 173 cm³/mol. The Balaban J connectivity index is 3.65. The summed E-state index contributed by atoms with van der Waals surface area (Å²) < 4.78 is 10.5. The first kappa shape index (κ1) is 38.9. The lowest BCUT2D eigenvalue weighted by Crippen LogP contribution is -2.28. The van der Waals surface area contributed by atoms with Crippen molar-refractivity contribution in [3.05, 3.63) is 48.6 Å². The number of hydrogen-bond donors (Lipinski definition) is 1. The fourth-order valence-corrected chi connectivity index (χ4v) is 4.33. The molecule has 0 heterocycles. The Hall–Kier alpha value is -2.14. The SMILES string of the molecule is CC/C=C/C/C=C/C/C=C/CCCCCCCC(=O)O[C@@H](CO)COC(=O)CCCCCCC/C=C/CCCCC. The number of carbonyl (C=O) groups excluding carboxylic acids is 2. The van der Waals surface area contributed by atoms with E-state index >= 15 is 0 Å². The van der Waals surface area contributed by atoms with Crippen molar-refractivity contribution in [1.29, 1.82) is 0 Å². The minimum Gasteiger partial charge on any atom is -0.462 e. The molecule has 0 aliphatic rings. The van der Waals surface area contributed by atoms with Gasteiger partial charge in [0, 0.05) is 12.8 Å². The molecule has 0 amide bonds. The second-order valence-electron chi connectivity index (χ2n) is 10.9. The lowest BCUT2D eigenvalue weighted by Gasteiger charge is -2.15. The summed E-state index contributed by atoms with van der Waals surface area (Å²) in [5.74, 6) is -0.627. The van der Waals surface area contributed by atoms with Crippen molar-refractivity contribution in [3.63, 3.8) is 0 Å². The lowest BCUT2D eigenvalue weighted by molar-refractivity contribution is -0.161. The lowest BCUT2D eigenvalue weighted by atomic mass is 10.1. The van der Waals surface area contributed by atoms with E-state index in [1.54, 1.807) is 0 Å². The molecule has 0 unspecified atom stereocenters. The van der Waals surface area contributed by atoms with Crippen molar-refractivity contribution >= 4 is 11.9 Å². The zero-order chi connectivity index (χ0) is 30.1. The summed E-state index contributed by atoms with van der Waals surface area (Å²) >= 11 is 0. The van der Waals surface area contributed by atoms with Crippen LogP contribution in [0.25, 0.3) is 0 Å². The van der Waals surface area contributed by atoms with E-state index in [0.29, 0.717) is 12.8 Å².